The number of aryl methyl sites for hydroxylation is 2. The van der Waals surface area contributed by atoms with Crippen LogP contribution in [0.1, 0.15) is 25.0 Å². The molecular formula is C24H33N5O3S2. The van der Waals surface area contributed by atoms with Crippen LogP contribution in [0.3, 0.4) is 0 Å². The fourth-order valence-electron chi connectivity index (χ4n) is 5.15. The van der Waals surface area contributed by atoms with Crippen molar-refractivity contribution < 1.29 is 13.2 Å². The van der Waals surface area contributed by atoms with Crippen molar-refractivity contribution in [3.05, 3.63) is 35.4 Å². The molecule has 0 unspecified atom stereocenters. The SMILES string of the molecule is Cc1cc(N2CCN(S(N)(=O)=O)CC2)cc2c1Nc1c(C)cc(N3C[C@@H](C)O[C@H](C)C3)cc1S2. The van der Waals surface area contributed by atoms with Crippen LogP contribution in [0.2, 0.25) is 0 Å². The first-order chi connectivity index (χ1) is 16.1. The van der Waals surface area contributed by atoms with Crippen LogP contribution >= 0.6 is 11.8 Å². The lowest BCUT2D eigenvalue weighted by Crippen LogP contribution is -2.50. The van der Waals surface area contributed by atoms with E-state index in [0.29, 0.717) is 26.2 Å². The van der Waals surface area contributed by atoms with E-state index in [1.807, 2.05) is 0 Å². The highest BCUT2D eigenvalue weighted by atomic mass is 32.2. The summed E-state index contributed by atoms with van der Waals surface area (Å²) in [6, 6.07) is 8.97. The van der Waals surface area contributed by atoms with E-state index in [2.05, 4.69) is 67.1 Å². The lowest BCUT2D eigenvalue weighted by molar-refractivity contribution is -0.00523. The van der Waals surface area contributed by atoms with Gasteiger partial charge in [-0.25, -0.2) is 5.14 Å². The average Bonchev–Trinajstić information content (AvgIpc) is 2.77. The van der Waals surface area contributed by atoms with Crippen LogP contribution in [-0.2, 0) is 14.9 Å². The normalized spacial score (nSPS) is 23.3. The first-order valence-corrected chi connectivity index (χ1v) is 14.1. The number of anilines is 4. The Morgan fingerprint density at radius 3 is 1.88 bits per heavy atom. The van der Waals surface area contributed by atoms with Gasteiger partial charge in [-0.15, -0.1) is 0 Å². The molecule has 0 amide bonds. The number of hydrogen-bond donors (Lipinski definition) is 2. The van der Waals surface area contributed by atoms with E-state index in [0.717, 1.165) is 24.5 Å². The highest BCUT2D eigenvalue weighted by Crippen LogP contribution is 2.49. The molecule has 2 aromatic carbocycles. The van der Waals surface area contributed by atoms with Crippen molar-refractivity contribution in [3.63, 3.8) is 0 Å². The molecule has 0 radical (unpaired) electrons. The Labute approximate surface area is 206 Å². The van der Waals surface area contributed by atoms with Gasteiger partial charge >= 0.3 is 0 Å². The highest BCUT2D eigenvalue weighted by molar-refractivity contribution is 7.99. The predicted molar refractivity (Wildman–Crippen MR) is 139 cm³/mol. The molecule has 8 nitrogen and oxygen atoms in total. The highest BCUT2D eigenvalue weighted by Gasteiger charge is 2.28. The quantitative estimate of drug-likeness (QED) is 0.566. The molecular weight excluding hydrogens is 470 g/mol. The van der Waals surface area contributed by atoms with Gasteiger partial charge in [-0.3, -0.25) is 0 Å². The Kier molecular flexibility index (Phi) is 6.22. The van der Waals surface area contributed by atoms with Gasteiger partial charge in [-0.1, -0.05) is 11.8 Å². The van der Waals surface area contributed by atoms with Crippen molar-refractivity contribution in [2.45, 2.75) is 49.7 Å². The molecule has 2 saturated heterocycles. The lowest BCUT2D eigenvalue weighted by Gasteiger charge is -2.38. The summed E-state index contributed by atoms with van der Waals surface area (Å²) in [5.41, 5.74) is 7.09. The molecule has 10 heteroatoms. The molecule has 3 aliphatic heterocycles. The molecule has 2 atom stereocenters. The summed E-state index contributed by atoms with van der Waals surface area (Å²) >= 11 is 1.80. The zero-order valence-corrected chi connectivity index (χ0v) is 21.8. The number of nitrogens with zero attached hydrogens (tertiary/aromatic N) is 3. The maximum atomic E-state index is 11.7. The smallest absolute Gasteiger partial charge is 0.277 e. The third-order valence-electron chi connectivity index (χ3n) is 6.79. The van der Waals surface area contributed by atoms with E-state index in [9.17, 15) is 8.42 Å². The topological polar surface area (TPSA) is 91.1 Å². The summed E-state index contributed by atoms with van der Waals surface area (Å²) in [7, 11) is -3.63. The number of piperazine rings is 1. The van der Waals surface area contributed by atoms with E-state index < -0.39 is 10.2 Å². The molecule has 0 saturated carbocycles. The van der Waals surface area contributed by atoms with Gasteiger partial charge in [0.05, 0.1) is 23.6 Å². The van der Waals surface area contributed by atoms with Crippen LogP contribution in [-0.4, -0.2) is 64.2 Å². The molecule has 2 fully saturated rings. The second kappa shape index (κ2) is 8.91. The van der Waals surface area contributed by atoms with Crippen LogP contribution in [0.25, 0.3) is 0 Å². The standard InChI is InChI=1S/C24H33N5O3S2/c1-15-9-19(27-5-7-29(8-6-27)34(25,30)31)11-21-23(15)26-24-16(2)10-20(12-22(24)33-21)28-13-17(3)32-18(4)14-28/h9-12,17-18,26H,5-8,13-14H2,1-4H3,(H2,25,30,31)/t17-,18-/m1/s1. The summed E-state index contributed by atoms with van der Waals surface area (Å²) in [5.74, 6) is 0. The van der Waals surface area contributed by atoms with Gasteiger partial charge in [0, 0.05) is 60.4 Å². The fraction of sp³-hybridized carbons (Fsp3) is 0.500. The van der Waals surface area contributed by atoms with Crippen molar-refractivity contribution >= 4 is 44.7 Å². The van der Waals surface area contributed by atoms with Gasteiger partial charge < -0.3 is 19.9 Å². The number of benzene rings is 2. The fourth-order valence-corrected chi connectivity index (χ4v) is 7.05. The van der Waals surface area contributed by atoms with Crippen LogP contribution in [0, 0.1) is 13.8 Å². The van der Waals surface area contributed by atoms with Crippen LogP contribution in [0.15, 0.2) is 34.1 Å². The Bertz CT molecular complexity index is 1200. The molecule has 3 N–H and O–H groups in total. The minimum atomic E-state index is -3.63. The van der Waals surface area contributed by atoms with Gasteiger partial charge in [0.15, 0.2) is 0 Å². The zero-order chi connectivity index (χ0) is 24.2. The lowest BCUT2D eigenvalue weighted by atomic mass is 10.1. The van der Waals surface area contributed by atoms with Crippen LogP contribution in [0.4, 0.5) is 22.7 Å². The van der Waals surface area contributed by atoms with Crippen molar-refractivity contribution in [1.29, 1.82) is 0 Å². The number of morpholine rings is 1. The number of hydrogen-bond acceptors (Lipinski definition) is 7. The molecule has 0 aromatic heterocycles. The van der Waals surface area contributed by atoms with E-state index in [-0.39, 0.29) is 12.2 Å². The van der Waals surface area contributed by atoms with Crippen LogP contribution in [0.5, 0.6) is 0 Å². The van der Waals surface area contributed by atoms with Crippen LogP contribution < -0.4 is 20.3 Å². The number of nitrogens with one attached hydrogen (secondary N) is 1. The summed E-state index contributed by atoms with van der Waals surface area (Å²) in [5, 5.41) is 9.00. The number of rotatable bonds is 3. The van der Waals surface area contributed by atoms with Gasteiger partial charge in [-0.05, 0) is 63.1 Å². The zero-order valence-electron chi connectivity index (χ0n) is 20.2. The molecule has 0 bridgehead atoms. The van der Waals surface area contributed by atoms with Crippen molar-refractivity contribution in [3.8, 4) is 0 Å². The average molecular weight is 504 g/mol. The Hall–Kier alpha value is -1.98. The molecule has 3 aliphatic rings. The second-order valence-corrected chi connectivity index (χ2v) is 12.2. The van der Waals surface area contributed by atoms with E-state index in [1.165, 1.54) is 36.6 Å². The van der Waals surface area contributed by atoms with Gasteiger partial charge in [0.25, 0.3) is 10.2 Å². The Balaban J connectivity index is 1.40. The minimum Gasteiger partial charge on any atom is -0.372 e. The second-order valence-electron chi connectivity index (χ2n) is 9.59. The summed E-state index contributed by atoms with van der Waals surface area (Å²) < 4.78 is 30.6. The van der Waals surface area contributed by atoms with Gasteiger partial charge in [0.2, 0.25) is 0 Å². The minimum absolute atomic E-state index is 0.214. The largest absolute Gasteiger partial charge is 0.372 e. The van der Waals surface area contributed by atoms with Crippen molar-refractivity contribution in [2.24, 2.45) is 5.14 Å². The summed E-state index contributed by atoms with van der Waals surface area (Å²) in [6.07, 6.45) is 0.429. The molecule has 0 spiro atoms. The van der Waals surface area contributed by atoms with E-state index >= 15 is 0 Å². The summed E-state index contributed by atoms with van der Waals surface area (Å²) in [4.78, 5) is 7.08. The Morgan fingerprint density at radius 1 is 0.882 bits per heavy atom. The molecule has 34 heavy (non-hydrogen) atoms. The first-order valence-electron chi connectivity index (χ1n) is 11.8. The number of ether oxygens (including phenoxy) is 1. The van der Waals surface area contributed by atoms with Crippen molar-refractivity contribution in [2.75, 3.05) is 54.4 Å². The maximum Gasteiger partial charge on any atom is 0.277 e. The van der Waals surface area contributed by atoms with Crippen molar-refractivity contribution in [1.82, 2.24) is 4.31 Å². The molecule has 5 rings (SSSR count). The van der Waals surface area contributed by atoms with E-state index in [4.69, 9.17) is 9.88 Å². The molecule has 3 heterocycles. The van der Waals surface area contributed by atoms with E-state index in [1.54, 1.807) is 11.8 Å². The molecule has 2 aromatic rings. The predicted octanol–water partition coefficient (Wildman–Crippen LogP) is 3.45. The monoisotopic (exact) mass is 503 g/mol. The third kappa shape index (κ3) is 4.61. The number of fused-ring (bicyclic) bond motifs is 2. The molecule has 0 aliphatic carbocycles. The number of nitrogens with two attached hydrogens (primary N) is 1. The maximum absolute atomic E-state index is 11.7. The summed E-state index contributed by atoms with van der Waals surface area (Å²) in [6.45, 7) is 12.4. The molecule has 184 valence electrons. The first kappa shape index (κ1) is 23.7. The van der Waals surface area contributed by atoms with Gasteiger partial charge in [0.1, 0.15) is 0 Å². The third-order valence-corrected chi connectivity index (χ3v) is 8.96. The van der Waals surface area contributed by atoms with Gasteiger partial charge in [-0.2, -0.15) is 12.7 Å². The Morgan fingerprint density at radius 2 is 1.38 bits per heavy atom.